The van der Waals surface area contributed by atoms with Gasteiger partial charge < -0.3 is 15.2 Å². The van der Waals surface area contributed by atoms with Crippen LogP contribution in [0.2, 0.25) is 0 Å². The Balaban J connectivity index is 1.79. The minimum absolute atomic E-state index is 0.133. The van der Waals surface area contributed by atoms with Crippen LogP contribution in [-0.2, 0) is 16.1 Å². The molecule has 0 aliphatic rings. The zero-order valence-electron chi connectivity index (χ0n) is 13.0. The molecule has 7 nitrogen and oxygen atoms in total. The maximum Gasteiger partial charge on any atom is 0.329 e. The molecule has 124 valence electrons. The molecule has 0 aliphatic carbocycles. The summed E-state index contributed by atoms with van der Waals surface area (Å²) in [7, 11) is 1.57. The van der Waals surface area contributed by atoms with E-state index in [1.165, 1.54) is 18.3 Å². The Labute approximate surface area is 139 Å². The Kier molecular flexibility index (Phi) is 5.90. The molecule has 0 saturated heterocycles. The summed E-state index contributed by atoms with van der Waals surface area (Å²) in [4.78, 5) is 23.3. The van der Waals surface area contributed by atoms with Crippen LogP contribution in [0.1, 0.15) is 11.1 Å². The summed E-state index contributed by atoms with van der Waals surface area (Å²) in [5.41, 5.74) is 3.65. The van der Waals surface area contributed by atoms with Gasteiger partial charge in [-0.25, -0.2) is 5.43 Å². The van der Waals surface area contributed by atoms with Crippen molar-refractivity contribution in [3.63, 3.8) is 0 Å². The van der Waals surface area contributed by atoms with Crippen molar-refractivity contribution in [1.82, 2.24) is 10.7 Å². The van der Waals surface area contributed by atoms with Crippen LogP contribution in [0.3, 0.4) is 0 Å². The molecule has 0 aromatic heterocycles. The van der Waals surface area contributed by atoms with Gasteiger partial charge in [0.15, 0.2) is 0 Å². The predicted octanol–water partition coefficient (Wildman–Crippen LogP) is 1.17. The third-order valence-corrected chi connectivity index (χ3v) is 3.09. The Morgan fingerprint density at radius 1 is 1.08 bits per heavy atom. The van der Waals surface area contributed by atoms with Crippen LogP contribution in [0.5, 0.6) is 11.5 Å². The van der Waals surface area contributed by atoms with Crippen molar-refractivity contribution in [2.75, 3.05) is 7.11 Å². The third-order valence-electron chi connectivity index (χ3n) is 3.09. The lowest BCUT2D eigenvalue weighted by Crippen LogP contribution is -2.37. The monoisotopic (exact) mass is 327 g/mol. The summed E-state index contributed by atoms with van der Waals surface area (Å²) in [6, 6.07) is 13.3. The van der Waals surface area contributed by atoms with E-state index in [0.717, 1.165) is 5.56 Å². The number of aromatic hydroxyl groups is 1. The van der Waals surface area contributed by atoms with Gasteiger partial charge in [-0.2, -0.15) is 5.10 Å². The highest BCUT2D eigenvalue weighted by Crippen LogP contribution is 2.10. The summed E-state index contributed by atoms with van der Waals surface area (Å²) < 4.78 is 5.04. The molecule has 2 aromatic rings. The Hall–Kier alpha value is -3.35. The van der Waals surface area contributed by atoms with Crippen LogP contribution in [-0.4, -0.2) is 30.2 Å². The number of benzene rings is 2. The largest absolute Gasteiger partial charge is 0.508 e. The predicted molar refractivity (Wildman–Crippen MR) is 88.7 cm³/mol. The number of phenols is 1. The van der Waals surface area contributed by atoms with Crippen molar-refractivity contribution >= 4 is 18.0 Å². The molecule has 7 heteroatoms. The van der Waals surface area contributed by atoms with E-state index in [1.54, 1.807) is 43.5 Å². The molecule has 0 bridgehead atoms. The van der Waals surface area contributed by atoms with Gasteiger partial charge in [-0.05, 0) is 47.5 Å². The molecule has 0 spiro atoms. The zero-order valence-corrected chi connectivity index (χ0v) is 13.0. The fourth-order valence-corrected chi connectivity index (χ4v) is 1.78. The van der Waals surface area contributed by atoms with Crippen molar-refractivity contribution in [3.05, 3.63) is 59.7 Å². The number of hydrogen-bond donors (Lipinski definition) is 3. The summed E-state index contributed by atoms with van der Waals surface area (Å²) in [6.45, 7) is 0.220. The molecule has 2 rings (SSSR count). The summed E-state index contributed by atoms with van der Waals surface area (Å²) >= 11 is 0. The molecule has 0 saturated carbocycles. The third kappa shape index (κ3) is 5.13. The van der Waals surface area contributed by atoms with E-state index in [2.05, 4.69) is 15.8 Å². The normalized spacial score (nSPS) is 10.4. The molecule has 0 atom stereocenters. The van der Waals surface area contributed by atoms with Gasteiger partial charge in [0.25, 0.3) is 0 Å². The molecule has 3 N–H and O–H groups in total. The number of hydrogen-bond acceptors (Lipinski definition) is 5. The van der Waals surface area contributed by atoms with Crippen LogP contribution in [0, 0.1) is 0 Å². The number of carbonyl (C=O) groups is 2. The van der Waals surface area contributed by atoms with Gasteiger partial charge in [0.05, 0.1) is 13.3 Å². The lowest BCUT2D eigenvalue weighted by molar-refractivity contribution is -0.139. The van der Waals surface area contributed by atoms with Crippen LogP contribution >= 0.6 is 0 Å². The van der Waals surface area contributed by atoms with E-state index in [1.807, 2.05) is 0 Å². The van der Waals surface area contributed by atoms with Gasteiger partial charge >= 0.3 is 11.8 Å². The van der Waals surface area contributed by atoms with Gasteiger partial charge in [0.1, 0.15) is 11.5 Å². The molecule has 0 fully saturated rings. The van der Waals surface area contributed by atoms with Gasteiger partial charge in [-0.1, -0.05) is 12.1 Å². The summed E-state index contributed by atoms with van der Waals surface area (Å²) in [5.74, 6) is -0.798. The SMILES string of the molecule is COc1ccc(CNC(=O)C(=O)N/N=C/c2ccc(O)cc2)cc1. The summed E-state index contributed by atoms with van der Waals surface area (Å²) in [6.07, 6.45) is 1.37. The Bertz CT molecular complexity index is 725. The van der Waals surface area contributed by atoms with Crippen LogP contribution < -0.4 is 15.5 Å². The molecule has 24 heavy (non-hydrogen) atoms. The van der Waals surface area contributed by atoms with E-state index in [0.29, 0.717) is 11.3 Å². The second kappa shape index (κ2) is 8.33. The second-order valence-electron chi connectivity index (χ2n) is 4.82. The van der Waals surface area contributed by atoms with E-state index >= 15 is 0 Å². The fraction of sp³-hybridized carbons (Fsp3) is 0.118. The van der Waals surface area contributed by atoms with Crippen molar-refractivity contribution in [2.45, 2.75) is 6.54 Å². The van der Waals surface area contributed by atoms with Gasteiger partial charge in [0, 0.05) is 6.54 Å². The van der Waals surface area contributed by atoms with Crippen molar-refractivity contribution < 1.29 is 19.4 Å². The number of amides is 2. The summed E-state index contributed by atoms with van der Waals surface area (Å²) in [5, 5.41) is 15.3. The first-order valence-corrected chi connectivity index (χ1v) is 7.11. The van der Waals surface area contributed by atoms with Crippen molar-refractivity contribution in [3.8, 4) is 11.5 Å². The molecular formula is C17H17N3O4. The maximum absolute atomic E-state index is 11.7. The maximum atomic E-state index is 11.7. The quantitative estimate of drug-likeness (QED) is 0.436. The van der Waals surface area contributed by atoms with E-state index in [4.69, 9.17) is 9.84 Å². The molecule has 2 aromatic carbocycles. The number of nitrogens with zero attached hydrogens (tertiary/aromatic N) is 1. The molecule has 2 amide bonds. The first-order valence-electron chi connectivity index (χ1n) is 7.11. The van der Waals surface area contributed by atoms with E-state index < -0.39 is 11.8 Å². The second-order valence-corrected chi connectivity index (χ2v) is 4.82. The molecule has 0 heterocycles. The molecular weight excluding hydrogens is 310 g/mol. The highest BCUT2D eigenvalue weighted by molar-refractivity contribution is 6.35. The number of ether oxygens (including phenoxy) is 1. The highest BCUT2D eigenvalue weighted by Gasteiger charge is 2.11. The van der Waals surface area contributed by atoms with Crippen LogP contribution in [0.15, 0.2) is 53.6 Å². The van der Waals surface area contributed by atoms with Crippen LogP contribution in [0.4, 0.5) is 0 Å². The van der Waals surface area contributed by atoms with Gasteiger partial charge in [0.2, 0.25) is 0 Å². The van der Waals surface area contributed by atoms with Crippen molar-refractivity contribution in [1.29, 1.82) is 0 Å². The van der Waals surface area contributed by atoms with Crippen molar-refractivity contribution in [2.24, 2.45) is 5.10 Å². The Morgan fingerprint density at radius 2 is 1.75 bits per heavy atom. The topological polar surface area (TPSA) is 100 Å². The molecule has 0 aliphatic heterocycles. The Morgan fingerprint density at radius 3 is 2.38 bits per heavy atom. The lowest BCUT2D eigenvalue weighted by atomic mass is 10.2. The minimum atomic E-state index is -0.862. The average Bonchev–Trinajstić information content (AvgIpc) is 2.61. The first kappa shape index (κ1) is 17.0. The van der Waals surface area contributed by atoms with E-state index in [9.17, 15) is 9.59 Å². The smallest absolute Gasteiger partial charge is 0.329 e. The first-order chi connectivity index (χ1) is 11.6. The highest BCUT2D eigenvalue weighted by atomic mass is 16.5. The standard InChI is InChI=1S/C17H17N3O4/c1-24-15-8-4-12(5-9-15)10-18-16(22)17(23)20-19-11-13-2-6-14(21)7-3-13/h2-9,11,21H,10H2,1H3,(H,18,22)(H,20,23)/b19-11+. The molecule has 0 radical (unpaired) electrons. The minimum Gasteiger partial charge on any atom is -0.508 e. The number of nitrogens with one attached hydrogen (secondary N) is 2. The van der Waals surface area contributed by atoms with E-state index in [-0.39, 0.29) is 12.3 Å². The average molecular weight is 327 g/mol. The number of carbonyl (C=O) groups excluding carboxylic acids is 2. The number of phenolic OH excluding ortho intramolecular Hbond substituents is 1. The molecule has 0 unspecified atom stereocenters. The van der Waals surface area contributed by atoms with Gasteiger partial charge in [-0.15, -0.1) is 0 Å². The number of methoxy groups -OCH3 is 1. The van der Waals surface area contributed by atoms with Gasteiger partial charge in [-0.3, -0.25) is 9.59 Å². The fourth-order valence-electron chi connectivity index (χ4n) is 1.78. The zero-order chi connectivity index (χ0) is 17.4. The number of hydrazone groups is 1. The lowest BCUT2D eigenvalue weighted by Gasteiger charge is -2.05. The number of rotatable bonds is 5. The van der Waals surface area contributed by atoms with Crippen LogP contribution in [0.25, 0.3) is 0 Å².